The standard InChI is InChI=1S/C20H14F2N4O/c21-15-7-14(8-16(22)9-15)20(27)24-11-13-5-6-19(23-10-13)26-12-25-17-3-1-2-4-18(17)26/h1-10,12H,11H2,(H,24,27). The second-order valence-electron chi connectivity index (χ2n) is 5.97. The molecule has 1 N–H and O–H groups in total. The van der Waals surface area contributed by atoms with E-state index in [-0.39, 0.29) is 12.1 Å². The summed E-state index contributed by atoms with van der Waals surface area (Å²) in [7, 11) is 0. The van der Waals surface area contributed by atoms with Crippen molar-refractivity contribution in [3.63, 3.8) is 0 Å². The summed E-state index contributed by atoms with van der Waals surface area (Å²) in [4.78, 5) is 20.8. The van der Waals surface area contributed by atoms with Gasteiger partial charge in [0.25, 0.3) is 5.91 Å². The summed E-state index contributed by atoms with van der Waals surface area (Å²) < 4.78 is 28.3. The Morgan fingerprint density at radius 2 is 1.78 bits per heavy atom. The number of nitrogens with zero attached hydrogens (tertiary/aromatic N) is 3. The molecule has 0 bridgehead atoms. The Morgan fingerprint density at radius 3 is 2.52 bits per heavy atom. The van der Waals surface area contributed by atoms with E-state index in [2.05, 4.69) is 15.3 Å². The number of amides is 1. The Kier molecular flexibility index (Phi) is 4.33. The maximum absolute atomic E-state index is 13.2. The van der Waals surface area contributed by atoms with Gasteiger partial charge < -0.3 is 5.32 Å². The van der Waals surface area contributed by atoms with E-state index < -0.39 is 17.5 Å². The van der Waals surface area contributed by atoms with Gasteiger partial charge in [-0.3, -0.25) is 9.36 Å². The van der Waals surface area contributed by atoms with E-state index in [9.17, 15) is 13.6 Å². The first-order valence-electron chi connectivity index (χ1n) is 8.22. The second-order valence-corrected chi connectivity index (χ2v) is 5.97. The van der Waals surface area contributed by atoms with Gasteiger partial charge in [-0.2, -0.15) is 0 Å². The quantitative estimate of drug-likeness (QED) is 0.602. The Hall–Kier alpha value is -3.61. The topological polar surface area (TPSA) is 59.8 Å². The van der Waals surface area contributed by atoms with Gasteiger partial charge in [0.15, 0.2) is 0 Å². The van der Waals surface area contributed by atoms with E-state index in [0.717, 1.165) is 34.8 Å². The summed E-state index contributed by atoms with van der Waals surface area (Å²) in [6, 6.07) is 14.1. The van der Waals surface area contributed by atoms with Crippen LogP contribution in [-0.2, 0) is 6.54 Å². The summed E-state index contributed by atoms with van der Waals surface area (Å²) in [5, 5.41) is 2.62. The molecule has 2 heterocycles. The molecule has 2 aromatic carbocycles. The van der Waals surface area contributed by atoms with Gasteiger partial charge in [-0.1, -0.05) is 18.2 Å². The van der Waals surface area contributed by atoms with E-state index in [1.807, 2.05) is 41.0 Å². The fourth-order valence-corrected chi connectivity index (χ4v) is 2.77. The third kappa shape index (κ3) is 3.52. The summed E-state index contributed by atoms with van der Waals surface area (Å²) in [6.07, 6.45) is 3.34. The van der Waals surface area contributed by atoms with Crippen LogP contribution in [0.2, 0.25) is 0 Å². The van der Waals surface area contributed by atoms with Crippen LogP contribution in [0.5, 0.6) is 0 Å². The first kappa shape index (κ1) is 16.8. The number of nitrogens with one attached hydrogen (secondary N) is 1. The summed E-state index contributed by atoms with van der Waals surface area (Å²) in [6.45, 7) is 0.189. The highest BCUT2D eigenvalue weighted by Crippen LogP contribution is 2.16. The molecule has 0 radical (unpaired) electrons. The van der Waals surface area contributed by atoms with Crippen LogP contribution in [0.4, 0.5) is 8.78 Å². The number of pyridine rings is 1. The van der Waals surface area contributed by atoms with Crippen molar-refractivity contribution in [2.24, 2.45) is 0 Å². The molecule has 1 amide bonds. The van der Waals surface area contributed by atoms with Crippen LogP contribution in [0.1, 0.15) is 15.9 Å². The summed E-state index contributed by atoms with van der Waals surface area (Å²) >= 11 is 0. The maximum atomic E-state index is 13.2. The molecule has 0 saturated heterocycles. The molecule has 27 heavy (non-hydrogen) atoms. The average Bonchev–Trinajstić information content (AvgIpc) is 3.10. The number of benzene rings is 2. The number of fused-ring (bicyclic) bond motifs is 1. The van der Waals surface area contributed by atoms with Crippen LogP contribution < -0.4 is 5.32 Å². The van der Waals surface area contributed by atoms with Crippen molar-refractivity contribution in [3.05, 3.63) is 89.9 Å². The molecule has 5 nitrogen and oxygen atoms in total. The molecule has 134 valence electrons. The molecule has 2 aromatic heterocycles. The van der Waals surface area contributed by atoms with Gasteiger partial charge >= 0.3 is 0 Å². The van der Waals surface area contributed by atoms with Crippen LogP contribution in [-0.4, -0.2) is 20.4 Å². The van der Waals surface area contributed by atoms with Gasteiger partial charge in [-0.15, -0.1) is 0 Å². The molecule has 0 fully saturated rings. The molecule has 4 aromatic rings. The van der Waals surface area contributed by atoms with Crippen molar-refractivity contribution in [1.29, 1.82) is 0 Å². The molecule has 4 rings (SSSR count). The smallest absolute Gasteiger partial charge is 0.251 e. The third-order valence-corrected chi connectivity index (χ3v) is 4.09. The van der Waals surface area contributed by atoms with Gasteiger partial charge in [0.1, 0.15) is 23.8 Å². The zero-order chi connectivity index (χ0) is 18.8. The SMILES string of the molecule is O=C(NCc1ccc(-n2cnc3ccccc32)nc1)c1cc(F)cc(F)c1. The number of aromatic nitrogens is 3. The van der Waals surface area contributed by atoms with Crippen molar-refractivity contribution >= 4 is 16.9 Å². The van der Waals surface area contributed by atoms with Gasteiger partial charge in [0.2, 0.25) is 0 Å². The summed E-state index contributed by atoms with van der Waals surface area (Å²) in [5.41, 5.74) is 2.51. The van der Waals surface area contributed by atoms with Crippen molar-refractivity contribution < 1.29 is 13.6 Å². The lowest BCUT2D eigenvalue weighted by Crippen LogP contribution is -2.23. The normalized spacial score (nSPS) is 10.9. The lowest BCUT2D eigenvalue weighted by Gasteiger charge is -2.07. The third-order valence-electron chi connectivity index (χ3n) is 4.09. The Morgan fingerprint density at radius 1 is 1.00 bits per heavy atom. The zero-order valence-corrected chi connectivity index (χ0v) is 14.1. The molecule has 0 unspecified atom stereocenters. The summed E-state index contributed by atoms with van der Waals surface area (Å²) in [5.74, 6) is -1.44. The number of imidazole rings is 1. The van der Waals surface area contributed by atoms with Gasteiger partial charge in [0.05, 0.1) is 11.0 Å². The Labute approximate surface area is 153 Å². The van der Waals surface area contributed by atoms with Crippen molar-refractivity contribution in [2.75, 3.05) is 0 Å². The highest BCUT2D eigenvalue weighted by atomic mass is 19.1. The number of carbonyl (C=O) groups is 1. The molecular formula is C20H14F2N4O. The van der Waals surface area contributed by atoms with Crippen molar-refractivity contribution in [3.8, 4) is 5.82 Å². The Bertz CT molecular complexity index is 1100. The van der Waals surface area contributed by atoms with Crippen LogP contribution in [0.25, 0.3) is 16.9 Å². The van der Waals surface area contributed by atoms with Gasteiger partial charge in [-0.25, -0.2) is 18.7 Å². The van der Waals surface area contributed by atoms with Crippen LogP contribution in [0, 0.1) is 11.6 Å². The number of hydrogen-bond donors (Lipinski definition) is 1. The van der Waals surface area contributed by atoms with Crippen molar-refractivity contribution in [1.82, 2.24) is 19.9 Å². The number of carbonyl (C=O) groups excluding carboxylic acids is 1. The molecule has 0 atom stereocenters. The molecular weight excluding hydrogens is 350 g/mol. The minimum Gasteiger partial charge on any atom is -0.348 e. The number of rotatable bonds is 4. The predicted octanol–water partition coefficient (Wildman–Crippen LogP) is 3.63. The van der Waals surface area contributed by atoms with Crippen LogP contribution >= 0.6 is 0 Å². The molecule has 0 spiro atoms. The molecule has 0 aliphatic heterocycles. The highest BCUT2D eigenvalue weighted by molar-refractivity contribution is 5.94. The van der Waals surface area contributed by atoms with E-state index in [0.29, 0.717) is 5.82 Å². The second kappa shape index (κ2) is 6.95. The minimum absolute atomic E-state index is 0.0676. The highest BCUT2D eigenvalue weighted by Gasteiger charge is 2.10. The lowest BCUT2D eigenvalue weighted by atomic mass is 10.2. The largest absolute Gasteiger partial charge is 0.348 e. The van der Waals surface area contributed by atoms with E-state index >= 15 is 0 Å². The molecule has 7 heteroatoms. The van der Waals surface area contributed by atoms with Crippen molar-refractivity contribution in [2.45, 2.75) is 6.54 Å². The molecule has 0 aliphatic carbocycles. The van der Waals surface area contributed by atoms with E-state index in [1.54, 1.807) is 12.5 Å². The number of para-hydroxylation sites is 2. The minimum atomic E-state index is -0.793. The molecule has 0 aliphatic rings. The van der Waals surface area contributed by atoms with Gasteiger partial charge in [0, 0.05) is 24.4 Å². The molecule has 0 saturated carbocycles. The monoisotopic (exact) mass is 364 g/mol. The maximum Gasteiger partial charge on any atom is 0.251 e. The van der Waals surface area contributed by atoms with Gasteiger partial charge in [-0.05, 0) is 35.9 Å². The fourth-order valence-electron chi connectivity index (χ4n) is 2.77. The van der Waals surface area contributed by atoms with Crippen LogP contribution in [0.3, 0.4) is 0 Å². The number of halogens is 2. The number of hydrogen-bond acceptors (Lipinski definition) is 3. The zero-order valence-electron chi connectivity index (χ0n) is 14.1. The predicted molar refractivity (Wildman–Crippen MR) is 96.4 cm³/mol. The van der Waals surface area contributed by atoms with Crippen LogP contribution in [0.15, 0.2) is 67.1 Å². The Balaban J connectivity index is 1.47. The van der Waals surface area contributed by atoms with E-state index in [4.69, 9.17) is 0 Å². The van der Waals surface area contributed by atoms with E-state index in [1.165, 1.54) is 0 Å². The fraction of sp³-hybridized carbons (Fsp3) is 0.0500. The first-order chi connectivity index (χ1) is 13.1. The lowest BCUT2D eigenvalue weighted by molar-refractivity contribution is 0.0950. The first-order valence-corrected chi connectivity index (χ1v) is 8.22. The average molecular weight is 364 g/mol.